The average Bonchev–Trinajstić information content (AvgIpc) is 2.22. The lowest BCUT2D eigenvalue weighted by Crippen LogP contribution is -1.85. The summed E-state index contributed by atoms with van der Waals surface area (Å²) in [6.45, 7) is 0. The molecule has 0 aliphatic carbocycles. The van der Waals surface area contributed by atoms with Crippen molar-refractivity contribution in [3.8, 4) is 11.1 Å². The highest BCUT2D eigenvalue weighted by atomic mass is 35.5. The lowest BCUT2D eigenvalue weighted by molar-refractivity contribution is 0.632. The zero-order chi connectivity index (χ0) is 10.8. The van der Waals surface area contributed by atoms with Crippen LogP contribution in [-0.4, -0.2) is 0 Å². The molecule has 0 aliphatic rings. The van der Waals surface area contributed by atoms with Crippen molar-refractivity contribution in [3.05, 3.63) is 58.3 Å². The normalized spacial score (nSPS) is 10.3. The van der Waals surface area contributed by atoms with Crippen molar-refractivity contribution >= 4 is 23.2 Å². The van der Waals surface area contributed by atoms with Gasteiger partial charge in [0.1, 0.15) is 5.82 Å². The van der Waals surface area contributed by atoms with Gasteiger partial charge in [-0.25, -0.2) is 4.39 Å². The third-order valence-corrected chi connectivity index (χ3v) is 2.54. The first-order valence-corrected chi connectivity index (χ1v) is 5.05. The molecule has 0 saturated heterocycles. The molecule has 2 aromatic rings. The minimum atomic E-state index is -0.429. The van der Waals surface area contributed by atoms with Crippen molar-refractivity contribution in [1.29, 1.82) is 0 Å². The molecule has 2 rings (SSSR count). The van der Waals surface area contributed by atoms with E-state index in [0.29, 0.717) is 16.1 Å². The van der Waals surface area contributed by atoms with Gasteiger partial charge in [-0.3, -0.25) is 0 Å². The van der Waals surface area contributed by atoms with Gasteiger partial charge in [0, 0.05) is 16.7 Å². The summed E-state index contributed by atoms with van der Waals surface area (Å²) in [6.07, 6.45) is 0. The monoisotopic (exact) mass is 239 g/mol. The van der Waals surface area contributed by atoms with Crippen molar-refractivity contribution in [3.63, 3.8) is 0 Å². The van der Waals surface area contributed by atoms with Gasteiger partial charge in [0.15, 0.2) is 0 Å². The third-order valence-electron chi connectivity index (χ3n) is 2.03. The van der Waals surface area contributed by atoms with E-state index in [9.17, 15) is 4.39 Å². The van der Waals surface area contributed by atoms with E-state index in [0.717, 1.165) is 0 Å². The van der Waals surface area contributed by atoms with Gasteiger partial charge in [-0.2, -0.15) is 0 Å². The Morgan fingerprint density at radius 3 is 2.67 bits per heavy atom. The molecule has 0 spiro atoms. The van der Waals surface area contributed by atoms with Crippen LogP contribution in [0.3, 0.4) is 0 Å². The van der Waals surface area contributed by atoms with E-state index in [-0.39, 0.29) is 5.02 Å². The molecule has 75 valence electrons. The number of benzene rings is 2. The largest absolute Gasteiger partial charge is 0.205 e. The van der Waals surface area contributed by atoms with E-state index in [4.69, 9.17) is 23.2 Å². The summed E-state index contributed by atoms with van der Waals surface area (Å²) in [7, 11) is 0. The highest BCUT2D eigenvalue weighted by Gasteiger charge is 2.08. The van der Waals surface area contributed by atoms with Crippen LogP contribution in [0.25, 0.3) is 11.1 Å². The fourth-order valence-electron chi connectivity index (χ4n) is 1.33. The smallest absolute Gasteiger partial charge is 0.149 e. The molecule has 0 amide bonds. The molecule has 0 fully saturated rings. The first kappa shape index (κ1) is 10.5. The number of rotatable bonds is 1. The second-order valence-electron chi connectivity index (χ2n) is 3.03. The molecule has 0 saturated carbocycles. The number of hydrogen-bond acceptors (Lipinski definition) is 0. The van der Waals surface area contributed by atoms with Crippen LogP contribution in [0.15, 0.2) is 36.4 Å². The molecule has 15 heavy (non-hydrogen) atoms. The Kier molecular flexibility index (Phi) is 2.94. The van der Waals surface area contributed by atoms with Gasteiger partial charge in [0.05, 0.1) is 5.02 Å². The second-order valence-corrected chi connectivity index (χ2v) is 3.84. The standard InChI is InChI=1S/C12H6Cl2F/c13-9-4-1-3-8(7-9)10-5-2-6-11(14)12(10)15/h1-3,5-7H. The van der Waals surface area contributed by atoms with Gasteiger partial charge in [0.25, 0.3) is 0 Å². The van der Waals surface area contributed by atoms with E-state index >= 15 is 0 Å². The fraction of sp³-hybridized carbons (Fsp3) is 0. The van der Waals surface area contributed by atoms with E-state index in [1.165, 1.54) is 6.07 Å². The fourth-order valence-corrected chi connectivity index (χ4v) is 1.69. The summed E-state index contributed by atoms with van der Waals surface area (Å²) in [4.78, 5) is 0. The molecule has 2 aromatic carbocycles. The van der Waals surface area contributed by atoms with Crippen LogP contribution in [0.1, 0.15) is 0 Å². The summed E-state index contributed by atoms with van der Waals surface area (Å²) in [5, 5.41) is 0.559. The minimum Gasteiger partial charge on any atom is -0.205 e. The van der Waals surface area contributed by atoms with Gasteiger partial charge >= 0.3 is 0 Å². The van der Waals surface area contributed by atoms with Crippen LogP contribution in [0.4, 0.5) is 4.39 Å². The average molecular weight is 240 g/mol. The minimum absolute atomic E-state index is 0.108. The van der Waals surface area contributed by atoms with Gasteiger partial charge in [-0.15, -0.1) is 0 Å². The lowest BCUT2D eigenvalue weighted by Gasteiger charge is -2.04. The summed E-state index contributed by atoms with van der Waals surface area (Å²) < 4.78 is 13.6. The van der Waals surface area contributed by atoms with Crippen LogP contribution in [0.2, 0.25) is 10.0 Å². The SMILES string of the molecule is Fc1c(Cl)cccc1-c1cc[c]c(Cl)c1. The predicted molar refractivity (Wildman–Crippen MR) is 60.7 cm³/mol. The summed E-state index contributed by atoms with van der Waals surface area (Å²) in [5.74, 6) is -0.429. The van der Waals surface area contributed by atoms with E-state index in [2.05, 4.69) is 6.07 Å². The number of halogens is 3. The molecule has 0 nitrogen and oxygen atoms in total. The van der Waals surface area contributed by atoms with Crippen molar-refractivity contribution in [2.45, 2.75) is 0 Å². The molecule has 3 heteroatoms. The maximum Gasteiger partial charge on any atom is 0.149 e. The first-order chi connectivity index (χ1) is 7.18. The van der Waals surface area contributed by atoms with Crippen molar-refractivity contribution in [2.75, 3.05) is 0 Å². The Morgan fingerprint density at radius 2 is 1.93 bits per heavy atom. The van der Waals surface area contributed by atoms with Crippen LogP contribution in [0, 0.1) is 11.9 Å². The second kappa shape index (κ2) is 4.21. The molecular formula is C12H6Cl2F. The Morgan fingerprint density at radius 1 is 1.13 bits per heavy atom. The lowest BCUT2D eigenvalue weighted by atomic mass is 10.1. The van der Waals surface area contributed by atoms with Gasteiger partial charge in [-0.1, -0.05) is 47.5 Å². The molecule has 0 aromatic heterocycles. The zero-order valence-electron chi connectivity index (χ0n) is 7.60. The number of hydrogen-bond donors (Lipinski definition) is 0. The third kappa shape index (κ3) is 2.14. The van der Waals surface area contributed by atoms with Crippen molar-refractivity contribution < 1.29 is 4.39 Å². The zero-order valence-corrected chi connectivity index (χ0v) is 9.11. The molecule has 0 N–H and O–H groups in total. The molecular weight excluding hydrogens is 234 g/mol. The molecule has 0 aliphatic heterocycles. The predicted octanol–water partition coefficient (Wildman–Crippen LogP) is 4.60. The topological polar surface area (TPSA) is 0 Å². The molecule has 0 bridgehead atoms. The summed E-state index contributed by atoms with van der Waals surface area (Å²) in [6, 6.07) is 12.7. The first-order valence-electron chi connectivity index (χ1n) is 4.30. The van der Waals surface area contributed by atoms with Crippen molar-refractivity contribution in [1.82, 2.24) is 0 Å². The Bertz CT molecular complexity index is 495. The Balaban J connectivity index is 2.59. The maximum absolute atomic E-state index is 13.6. The van der Waals surface area contributed by atoms with E-state index in [1.54, 1.807) is 30.3 Å². The highest BCUT2D eigenvalue weighted by Crippen LogP contribution is 2.28. The van der Waals surface area contributed by atoms with E-state index in [1.807, 2.05) is 0 Å². The maximum atomic E-state index is 13.6. The van der Waals surface area contributed by atoms with E-state index < -0.39 is 5.82 Å². The van der Waals surface area contributed by atoms with Crippen LogP contribution in [-0.2, 0) is 0 Å². The van der Waals surface area contributed by atoms with Crippen LogP contribution in [0.5, 0.6) is 0 Å². The quantitative estimate of drug-likeness (QED) is 0.683. The Hall–Kier alpha value is -1.05. The molecule has 0 heterocycles. The molecule has 0 atom stereocenters. The van der Waals surface area contributed by atoms with Crippen molar-refractivity contribution in [2.24, 2.45) is 0 Å². The van der Waals surface area contributed by atoms with Crippen LogP contribution < -0.4 is 0 Å². The Labute approximate surface area is 97.3 Å². The molecule has 1 radical (unpaired) electrons. The van der Waals surface area contributed by atoms with Crippen LogP contribution >= 0.6 is 23.2 Å². The summed E-state index contributed by atoms with van der Waals surface area (Å²) in [5.41, 5.74) is 1.14. The van der Waals surface area contributed by atoms with Gasteiger partial charge < -0.3 is 0 Å². The van der Waals surface area contributed by atoms with Gasteiger partial charge in [-0.05, 0) is 17.7 Å². The highest BCUT2D eigenvalue weighted by molar-refractivity contribution is 6.31. The van der Waals surface area contributed by atoms with Gasteiger partial charge in [0.2, 0.25) is 0 Å². The molecule has 0 unspecified atom stereocenters. The summed E-state index contributed by atoms with van der Waals surface area (Å²) >= 11 is 11.5.